The number of carbonyl (C=O) groups is 1. The van der Waals surface area contributed by atoms with E-state index in [9.17, 15) is 26.7 Å². The lowest BCUT2D eigenvalue weighted by Gasteiger charge is -2.08. The molecule has 0 aliphatic carbocycles. The Morgan fingerprint density at radius 2 is 1.48 bits per heavy atom. The largest absolute Gasteiger partial charge is 0.306 e. The van der Waals surface area contributed by atoms with Gasteiger partial charge in [0.05, 0.1) is 0 Å². The second-order valence-electron chi connectivity index (χ2n) is 3.76. The highest BCUT2D eigenvalue weighted by Crippen LogP contribution is 2.23. The van der Waals surface area contributed by atoms with E-state index in [0.717, 1.165) is 0 Å². The summed E-state index contributed by atoms with van der Waals surface area (Å²) in [5, 5.41) is 1.93. The number of rotatable bonds is 2. The summed E-state index contributed by atoms with van der Waals surface area (Å²) in [4.78, 5) is 15.3. The van der Waals surface area contributed by atoms with E-state index < -0.39 is 40.6 Å². The molecule has 0 unspecified atom stereocenters. The lowest BCUT2D eigenvalue weighted by atomic mass is 10.1. The van der Waals surface area contributed by atoms with Crippen LogP contribution < -0.4 is 5.32 Å². The summed E-state index contributed by atoms with van der Waals surface area (Å²) in [6.45, 7) is 0. The van der Waals surface area contributed by atoms with Crippen molar-refractivity contribution in [3.05, 3.63) is 57.5 Å². The summed E-state index contributed by atoms with van der Waals surface area (Å²) in [6.07, 6.45) is 1.27. The molecule has 2 aromatic rings. The van der Waals surface area contributed by atoms with Crippen molar-refractivity contribution in [1.82, 2.24) is 4.98 Å². The Kier molecular flexibility index (Phi) is 4.21. The van der Waals surface area contributed by atoms with Gasteiger partial charge >= 0.3 is 0 Å². The van der Waals surface area contributed by atoms with E-state index >= 15 is 0 Å². The van der Waals surface area contributed by atoms with E-state index in [2.05, 4.69) is 20.9 Å². The quantitative estimate of drug-likeness (QED) is 0.499. The van der Waals surface area contributed by atoms with Gasteiger partial charge in [0.25, 0.3) is 5.91 Å². The molecule has 3 nitrogen and oxygen atoms in total. The zero-order chi connectivity index (χ0) is 15.7. The molecule has 110 valence electrons. The van der Waals surface area contributed by atoms with Gasteiger partial charge in [0.1, 0.15) is 11.4 Å². The minimum absolute atomic E-state index is 0.118. The molecule has 1 N–H and O–H groups in total. The number of carbonyl (C=O) groups excluding carboxylic acids is 1. The first-order valence-electron chi connectivity index (χ1n) is 5.27. The van der Waals surface area contributed by atoms with E-state index in [0.29, 0.717) is 4.47 Å². The molecule has 2 rings (SSSR count). The molecule has 0 saturated heterocycles. The summed E-state index contributed by atoms with van der Waals surface area (Å²) in [7, 11) is 0. The average Bonchev–Trinajstić information content (AvgIpc) is 2.46. The van der Waals surface area contributed by atoms with Gasteiger partial charge in [-0.25, -0.2) is 26.9 Å². The third kappa shape index (κ3) is 2.87. The zero-order valence-electron chi connectivity index (χ0n) is 9.86. The third-order valence-corrected chi connectivity index (χ3v) is 2.87. The van der Waals surface area contributed by atoms with Gasteiger partial charge in [-0.05, 0) is 28.1 Å². The Bertz CT molecular complexity index is 692. The number of hydrogen-bond acceptors (Lipinski definition) is 2. The maximum Gasteiger partial charge on any atom is 0.263 e. The van der Waals surface area contributed by atoms with Gasteiger partial charge in [0.2, 0.25) is 5.82 Å². The van der Waals surface area contributed by atoms with Crippen LogP contribution in [0.2, 0.25) is 0 Å². The van der Waals surface area contributed by atoms with Crippen molar-refractivity contribution in [3.8, 4) is 0 Å². The molecule has 0 aliphatic heterocycles. The van der Waals surface area contributed by atoms with Gasteiger partial charge in [-0.1, -0.05) is 0 Å². The first-order chi connectivity index (χ1) is 9.82. The Hall–Kier alpha value is -2.03. The monoisotopic (exact) mass is 366 g/mol. The molecule has 0 radical (unpaired) electrons. The van der Waals surface area contributed by atoms with Crippen LogP contribution in [0.5, 0.6) is 0 Å². The van der Waals surface area contributed by atoms with Crippen molar-refractivity contribution in [3.63, 3.8) is 0 Å². The van der Waals surface area contributed by atoms with Crippen molar-refractivity contribution < 1.29 is 26.7 Å². The van der Waals surface area contributed by atoms with Gasteiger partial charge in [-0.2, -0.15) is 0 Å². The van der Waals surface area contributed by atoms with Crippen LogP contribution in [-0.4, -0.2) is 10.9 Å². The van der Waals surface area contributed by atoms with Crippen LogP contribution in [0.15, 0.2) is 22.8 Å². The summed E-state index contributed by atoms with van der Waals surface area (Å²) < 4.78 is 66.2. The fraction of sp³-hybridized carbons (Fsp3) is 0. The van der Waals surface area contributed by atoms with Gasteiger partial charge in [0.15, 0.2) is 23.3 Å². The van der Waals surface area contributed by atoms with Crippen LogP contribution in [-0.2, 0) is 0 Å². The number of aromatic nitrogens is 1. The number of halogens is 6. The third-order valence-electron chi connectivity index (χ3n) is 2.41. The van der Waals surface area contributed by atoms with Crippen LogP contribution in [0.1, 0.15) is 10.4 Å². The number of benzene rings is 1. The molecule has 1 aromatic carbocycles. The highest BCUT2D eigenvalue weighted by molar-refractivity contribution is 9.10. The Labute approximate surface area is 122 Å². The topological polar surface area (TPSA) is 42.0 Å². The maximum absolute atomic E-state index is 13.4. The molecule has 9 heteroatoms. The molecule has 0 atom stereocenters. The molecule has 0 spiro atoms. The molecular weight excluding hydrogens is 363 g/mol. The van der Waals surface area contributed by atoms with Gasteiger partial charge in [0, 0.05) is 10.7 Å². The van der Waals surface area contributed by atoms with E-state index in [1.54, 1.807) is 0 Å². The van der Waals surface area contributed by atoms with Crippen molar-refractivity contribution in [1.29, 1.82) is 0 Å². The van der Waals surface area contributed by atoms with Gasteiger partial charge in [-0.3, -0.25) is 4.79 Å². The molecule has 0 bridgehead atoms. The second kappa shape index (κ2) is 5.76. The molecule has 21 heavy (non-hydrogen) atoms. The predicted molar refractivity (Wildman–Crippen MR) is 66.1 cm³/mol. The van der Waals surface area contributed by atoms with Crippen LogP contribution in [0.4, 0.5) is 27.8 Å². The zero-order valence-corrected chi connectivity index (χ0v) is 11.4. The molecule has 0 fully saturated rings. The smallest absolute Gasteiger partial charge is 0.263 e. The summed E-state index contributed by atoms with van der Waals surface area (Å²) in [5.41, 5.74) is -1.57. The highest BCUT2D eigenvalue weighted by atomic mass is 79.9. The molecule has 0 aliphatic rings. The number of amides is 1. The van der Waals surface area contributed by atoms with Crippen molar-refractivity contribution >= 4 is 27.7 Å². The first kappa shape index (κ1) is 15.4. The van der Waals surface area contributed by atoms with E-state index in [-0.39, 0.29) is 5.82 Å². The van der Waals surface area contributed by atoms with Crippen molar-refractivity contribution in [2.24, 2.45) is 0 Å². The summed E-state index contributed by atoms with van der Waals surface area (Å²) in [6, 6.07) is 2.73. The van der Waals surface area contributed by atoms with Crippen LogP contribution in [0.3, 0.4) is 0 Å². The van der Waals surface area contributed by atoms with Crippen LogP contribution in [0, 0.1) is 29.1 Å². The number of nitrogens with zero attached hydrogens (tertiary/aromatic N) is 1. The predicted octanol–water partition coefficient (Wildman–Crippen LogP) is 3.79. The molecule has 1 heterocycles. The summed E-state index contributed by atoms with van der Waals surface area (Å²) >= 11 is 3.07. The second-order valence-corrected chi connectivity index (χ2v) is 4.68. The highest BCUT2D eigenvalue weighted by Gasteiger charge is 2.29. The van der Waals surface area contributed by atoms with E-state index in [4.69, 9.17) is 0 Å². The van der Waals surface area contributed by atoms with Crippen molar-refractivity contribution in [2.45, 2.75) is 0 Å². The van der Waals surface area contributed by atoms with Crippen LogP contribution >= 0.6 is 15.9 Å². The first-order valence-corrected chi connectivity index (χ1v) is 6.06. The number of pyridine rings is 1. The number of hydrogen-bond donors (Lipinski definition) is 1. The maximum atomic E-state index is 13.4. The number of anilines is 1. The minimum atomic E-state index is -2.33. The van der Waals surface area contributed by atoms with E-state index in [1.165, 1.54) is 18.3 Å². The summed E-state index contributed by atoms with van der Waals surface area (Å²) in [5.74, 6) is -12.7. The normalized spacial score (nSPS) is 10.6. The lowest BCUT2D eigenvalue weighted by Crippen LogP contribution is -2.19. The Morgan fingerprint density at radius 1 is 0.952 bits per heavy atom. The van der Waals surface area contributed by atoms with Gasteiger partial charge in [-0.15, -0.1) is 0 Å². The van der Waals surface area contributed by atoms with Crippen molar-refractivity contribution in [2.75, 3.05) is 5.32 Å². The van der Waals surface area contributed by atoms with E-state index in [1.807, 2.05) is 5.32 Å². The molecular formula is C12H4BrF5N2O. The molecule has 1 aromatic heterocycles. The fourth-order valence-electron chi connectivity index (χ4n) is 1.43. The minimum Gasteiger partial charge on any atom is -0.306 e. The Balaban J connectivity index is 2.42. The molecule has 0 saturated carbocycles. The lowest BCUT2D eigenvalue weighted by molar-refractivity contribution is 0.101. The Morgan fingerprint density at radius 3 is 1.95 bits per heavy atom. The molecule has 1 amide bonds. The van der Waals surface area contributed by atoms with Crippen LogP contribution in [0.25, 0.3) is 0 Å². The van der Waals surface area contributed by atoms with Gasteiger partial charge < -0.3 is 5.32 Å². The fourth-order valence-corrected chi connectivity index (χ4v) is 1.67. The average molecular weight is 367 g/mol. The number of nitrogens with one attached hydrogen (secondary N) is 1. The standard InChI is InChI=1S/C12H4BrF5N2O/c13-4-1-2-5(19-3-4)20-12(21)6-7(14)9(16)11(18)10(17)8(6)15/h1-3H,(H,19,20,21). The SMILES string of the molecule is O=C(Nc1ccc(Br)cn1)c1c(F)c(F)c(F)c(F)c1F.